The molecule has 1 unspecified atom stereocenters. The van der Waals surface area contributed by atoms with Crippen LogP contribution in [0.5, 0.6) is 11.5 Å². The average Bonchev–Trinajstić information content (AvgIpc) is 3.18. The summed E-state index contributed by atoms with van der Waals surface area (Å²) >= 11 is 0. The van der Waals surface area contributed by atoms with Crippen LogP contribution in [0.2, 0.25) is 0 Å². The second kappa shape index (κ2) is 10.1. The van der Waals surface area contributed by atoms with Crippen molar-refractivity contribution in [2.24, 2.45) is 0 Å². The molecule has 1 saturated heterocycles. The van der Waals surface area contributed by atoms with Crippen molar-refractivity contribution in [3.8, 4) is 11.5 Å². The Bertz CT molecular complexity index is 778. The summed E-state index contributed by atoms with van der Waals surface area (Å²) in [5.74, 6) is 1.58. The lowest BCUT2D eigenvalue weighted by molar-refractivity contribution is 0.193. The molecule has 1 aromatic heterocycles. The third-order valence-corrected chi connectivity index (χ3v) is 5.17. The number of carbonyl (C=O) groups is 1. The first kappa shape index (κ1) is 20.9. The smallest absolute Gasteiger partial charge is 0.318 e. The summed E-state index contributed by atoms with van der Waals surface area (Å²) in [6.07, 6.45) is 2.69. The summed E-state index contributed by atoms with van der Waals surface area (Å²) in [5, 5.41) is 3.18. The summed E-state index contributed by atoms with van der Waals surface area (Å²) in [5.41, 5.74) is 2.03. The minimum absolute atomic E-state index is 0.0342. The van der Waals surface area contributed by atoms with Crippen LogP contribution in [0.4, 0.5) is 4.79 Å². The van der Waals surface area contributed by atoms with Crippen LogP contribution >= 0.6 is 0 Å². The maximum Gasteiger partial charge on any atom is 0.318 e. The Morgan fingerprint density at radius 1 is 1.24 bits per heavy atom. The maximum absolute atomic E-state index is 12.7. The van der Waals surface area contributed by atoms with Crippen LogP contribution in [-0.4, -0.2) is 60.7 Å². The second-order valence-corrected chi connectivity index (χ2v) is 7.23. The number of nitrogens with zero attached hydrogens (tertiary/aromatic N) is 3. The first-order valence-corrected chi connectivity index (χ1v) is 10.0. The highest BCUT2D eigenvalue weighted by Gasteiger charge is 2.25. The summed E-state index contributed by atoms with van der Waals surface area (Å²) in [7, 11) is 3.31. The van der Waals surface area contributed by atoms with Gasteiger partial charge in [-0.1, -0.05) is 6.07 Å². The van der Waals surface area contributed by atoms with Crippen LogP contribution in [-0.2, 0) is 13.1 Å². The Labute approximate surface area is 172 Å². The van der Waals surface area contributed by atoms with Crippen LogP contribution in [0.1, 0.15) is 24.6 Å². The number of pyridine rings is 1. The van der Waals surface area contributed by atoms with Crippen molar-refractivity contribution in [3.63, 3.8) is 0 Å². The van der Waals surface area contributed by atoms with Crippen molar-refractivity contribution < 1.29 is 14.3 Å². The molecule has 1 fully saturated rings. The molecule has 0 spiro atoms. The van der Waals surface area contributed by atoms with E-state index in [0.717, 1.165) is 48.8 Å². The molecular weight excluding hydrogens is 368 g/mol. The molecule has 2 aromatic rings. The zero-order valence-corrected chi connectivity index (χ0v) is 17.4. The molecule has 0 saturated carbocycles. The van der Waals surface area contributed by atoms with E-state index < -0.39 is 0 Å². The number of aromatic nitrogens is 1. The van der Waals surface area contributed by atoms with Crippen molar-refractivity contribution in [1.29, 1.82) is 0 Å². The van der Waals surface area contributed by atoms with E-state index >= 15 is 0 Å². The lowest BCUT2D eigenvalue weighted by Crippen LogP contribution is -2.45. The van der Waals surface area contributed by atoms with E-state index in [9.17, 15) is 4.79 Å². The predicted octanol–water partition coefficient (Wildman–Crippen LogP) is 2.90. The van der Waals surface area contributed by atoms with Gasteiger partial charge in [0.25, 0.3) is 0 Å². The van der Waals surface area contributed by atoms with Gasteiger partial charge in [-0.15, -0.1) is 0 Å². The number of benzene rings is 1. The predicted molar refractivity (Wildman–Crippen MR) is 112 cm³/mol. The first-order chi connectivity index (χ1) is 14.1. The van der Waals surface area contributed by atoms with E-state index in [1.54, 1.807) is 25.3 Å². The highest BCUT2D eigenvalue weighted by Crippen LogP contribution is 2.24. The van der Waals surface area contributed by atoms with Gasteiger partial charge < -0.3 is 19.7 Å². The van der Waals surface area contributed by atoms with Gasteiger partial charge in [0.05, 0.1) is 26.5 Å². The summed E-state index contributed by atoms with van der Waals surface area (Å²) < 4.78 is 10.7. The Kier molecular flexibility index (Phi) is 7.30. The Balaban J connectivity index is 1.53. The third-order valence-electron chi connectivity index (χ3n) is 5.17. The monoisotopic (exact) mass is 398 g/mol. The molecule has 2 heterocycles. The van der Waals surface area contributed by atoms with Gasteiger partial charge in [-0.3, -0.25) is 9.88 Å². The lowest BCUT2D eigenvalue weighted by Gasteiger charge is -2.24. The fourth-order valence-corrected chi connectivity index (χ4v) is 3.59. The topological polar surface area (TPSA) is 66.9 Å². The highest BCUT2D eigenvalue weighted by atomic mass is 16.5. The molecule has 0 aliphatic carbocycles. The van der Waals surface area contributed by atoms with E-state index in [-0.39, 0.29) is 12.1 Å². The minimum Gasteiger partial charge on any atom is -0.497 e. The Morgan fingerprint density at radius 3 is 2.62 bits per heavy atom. The third kappa shape index (κ3) is 5.84. The molecule has 1 aliphatic rings. The normalized spacial score (nSPS) is 16.4. The SMILES string of the molecule is CCN(Cc1ccccn1)C(=O)NC1CCN(Cc2cc(OC)cc(OC)c2)C1. The number of methoxy groups -OCH3 is 2. The molecule has 3 rings (SSSR count). The van der Waals surface area contributed by atoms with Gasteiger partial charge in [0.15, 0.2) is 0 Å². The van der Waals surface area contributed by atoms with Crippen molar-refractivity contribution in [2.45, 2.75) is 32.5 Å². The number of ether oxygens (including phenoxy) is 2. The molecule has 0 radical (unpaired) electrons. The molecular formula is C22H30N4O3. The molecule has 0 bridgehead atoms. The number of rotatable bonds is 8. The minimum atomic E-state index is -0.0342. The molecule has 1 aliphatic heterocycles. The van der Waals surface area contributed by atoms with E-state index in [2.05, 4.69) is 15.2 Å². The maximum atomic E-state index is 12.7. The quantitative estimate of drug-likeness (QED) is 0.741. The summed E-state index contributed by atoms with van der Waals surface area (Å²) in [6.45, 7) is 5.71. The number of amides is 2. The Hall–Kier alpha value is -2.80. The molecule has 29 heavy (non-hydrogen) atoms. The van der Waals surface area contributed by atoms with Crippen molar-refractivity contribution >= 4 is 6.03 Å². The Morgan fingerprint density at radius 2 is 2.00 bits per heavy atom. The van der Waals surface area contributed by atoms with E-state index in [4.69, 9.17) is 9.47 Å². The molecule has 156 valence electrons. The van der Waals surface area contributed by atoms with Crippen LogP contribution < -0.4 is 14.8 Å². The summed E-state index contributed by atoms with van der Waals surface area (Å²) in [6, 6.07) is 11.8. The number of hydrogen-bond donors (Lipinski definition) is 1. The van der Waals surface area contributed by atoms with Crippen LogP contribution in [0.25, 0.3) is 0 Å². The zero-order valence-electron chi connectivity index (χ0n) is 17.4. The number of carbonyl (C=O) groups excluding carboxylic acids is 1. The van der Waals surface area contributed by atoms with Gasteiger partial charge in [-0.05, 0) is 43.2 Å². The van der Waals surface area contributed by atoms with Gasteiger partial charge in [-0.2, -0.15) is 0 Å². The molecule has 1 atom stereocenters. The van der Waals surface area contributed by atoms with Gasteiger partial charge >= 0.3 is 6.03 Å². The van der Waals surface area contributed by atoms with Crippen molar-refractivity contribution in [2.75, 3.05) is 33.9 Å². The van der Waals surface area contributed by atoms with E-state index in [1.807, 2.05) is 43.3 Å². The molecule has 7 heteroatoms. The van der Waals surface area contributed by atoms with Gasteiger partial charge in [0.1, 0.15) is 11.5 Å². The largest absolute Gasteiger partial charge is 0.497 e. The molecule has 1 N–H and O–H groups in total. The van der Waals surface area contributed by atoms with Crippen LogP contribution in [0, 0.1) is 0 Å². The van der Waals surface area contributed by atoms with Gasteiger partial charge in [0, 0.05) is 44.5 Å². The van der Waals surface area contributed by atoms with Gasteiger partial charge in [0.2, 0.25) is 0 Å². The standard InChI is InChI=1S/C22H30N4O3/c1-4-26(16-18-7-5-6-9-23-18)22(27)24-19-8-10-25(15-19)14-17-11-20(28-2)13-21(12-17)29-3/h5-7,9,11-13,19H,4,8,10,14-16H2,1-3H3,(H,24,27). The molecule has 1 aromatic carbocycles. The molecule has 7 nitrogen and oxygen atoms in total. The number of hydrogen-bond acceptors (Lipinski definition) is 5. The first-order valence-electron chi connectivity index (χ1n) is 10.0. The fraction of sp³-hybridized carbons (Fsp3) is 0.455. The average molecular weight is 399 g/mol. The highest BCUT2D eigenvalue weighted by molar-refractivity contribution is 5.74. The molecule has 2 amide bonds. The van der Waals surface area contributed by atoms with Gasteiger partial charge in [-0.25, -0.2) is 4.79 Å². The van der Waals surface area contributed by atoms with Crippen molar-refractivity contribution in [1.82, 2.24) is 20.1 Å². The van der Waals surface area contributed by atoms with E-state index in [1.165, 1.54) is 0 Å². The number of nitrogens with one attached hydrogen (secondary N) is 1. The second-order valence-electron chi connectivity index (χ2n) is 7.23. The number of likely N-dealkylation sites (tertiary alicyclic amines) is 1. The lowest BCUT2D eigenvalue weighted by atomic mass is 10.2. The van der Waals surface area contributed by atoms with Crippen LogP contribution in [0.3, 0.4) is 0 Å². The van der Waals surface area contributed by atoms with Crippen molar-refractivity contribution in [3.05, 3.63) is 53.9 Å². The van der Waals surface area contributed by atoms with E-state index in [0.29, 0.717) is 13.1 Å². The fourth-order valence-electron chi connectivity index (χ4n) is 3.59. The number of urea groups is 1. The summed E-state index contributed by atoms with van der Waals surface area (Å²) in [4.78, 5) is 21.2. The van der Waals surface area contributed by atoms with Crippen LogP contribution in [0.15, 0.2) is 42.6 Å². The zero-order chi connectivity index (χ0) is 20.6.